The zero-order chi connectivity index (χ0) is 32.9. The van der Waals surface area contributed by atoms with Gasteiger partial charge in [0.05, 0.1) is 22.8 Å². The minimum atomic E-state index is -0.566. The molecule has 0 fully saturated rings. The Morgan fingerprint density at radius 2 is 1.40 bits per heavy atom. The molecule has 0 radical (unpaired) electrons. The summed E-state index contributed by atoms with van der Waals surface area (Å²) in [6.45, 7) is 1.73. The zero-order valence-electron chi connectivity index (χ0n) is 25.0. The van der Waals surface area contributed by atoms with Crippen LogP contribution < -0.4 is 16.0 Å². The third-order valence-corrected chi connectivity index (χ3v) is 8.48. The van der Waals surface area contributed by atoms with Crippen LogP contribution >= 0.6 is 11.8 Å². The molecule has 0 spiro atoms. The quantitative estimate of drug-likeness (QED) is 0.120. The molecular formula is C37H27N3O6S. The Bertz CT molecular complexity index is 2040. The monoisotopic (exact) mass is 641 g/mol. The second-order valence-electron chi connectivity index (χ2n) is 10.6. The number of ketones is 2. The number of fused-ring (bicyclic) bond motifs is 2. The SMILES string of the molecule is CC(Sc1ccc(NC(=O)/C(=C/c2ccco2)NC(=O)c2ccccc2)cc1)C(=O)Nc1cccc2c1C(=O)c1ccccc1C2=O. The van der Waals surface area contributed by atoms with Crippen molar-refractivity contribution in [1.29, 1.82) is 0 Å². The smallest absolute Gasteiger partial charge is 0.272 e. The van der Waals surface area contributed by atoms with E-state index >= 15 is 0 Å². The van der Waals surface area contributed by atoms with Gasteiger partial charge in [0.15, 0.2) is 11.6 Å². The van der Waals surface area contributed by atoms with Crippen LogP contribution in [0.3, 0.4) is 0 Å². The fraction of sp³-hybridized carbons (Fsp3) is 0.0541. The highest BCUT2D eigenvalue weighted by atomic mass is 32.2. The van der Waals surface area contributed by atoms with Gasteiger partial charge in [0.1, 0.15) is 11.5 Å². The number of amides is 3. The molecule has 232 valence electrons. The average Bonchev–Trinajstić information content (AvgIpc) is 3.61. The van der Waals surface area contributed by atoms with Crippen molar-refractivity contribution >= 4 is 58.5 Å². The minimum absolute atomic E-state index is 0.00989. The Kier molecular flexibility index (Phi) is 8.94. The summed E-state index contributed by atoms with van der Waals surface area (Å²) >= 11 is 1.28. The van der Waals surface area contributed by atoms with E-state index in [2.05, 4.69) is 16.0 Å². The molecule has 0 bridgehead atoms. The standard InChI is InChI=1S/C37H27N3O6S/c1-22(35(43)39-30-15-7-14-29-32(30)34(42)28-13-6-5-12-27(28)33(29)41)47-26-18-16-24(17-19-26)38-37(45)31(21-25-11-8-20-46-25)40-36(44)23-9-3-2-4-10-23/h2-22H,1H3,(H,38,45)(H,39,43)(H,40,44)/b31-21-. The number of benzene rings is 4. The molecule has 3 amide bonds. The van der Waals surface area contributed by atoms with Crippen LogP contribution in [0.15, 0.2) is 130 Å². The molecule has 1 atom stereocenters. The van der Waals surface area contributed by atoms with Gasteiger partial charge >= 0.3 is 0 Å². The van der Waals surface area contributed by atoms with Gasteiger partial charge in [-0.3, -0.25) is 24.0 Å². The van der Waals surface area contributed by atoms with Gasteiger partial charge < -0.3 is 20.4 Å². The third-order valence-electron chi connectivity index (χ3n) is 7.36. The van der Waals surface area contributed by atoms with Crippen molar-refractivity contribution in [3.05, 3.63) is 155 Å². The Hall–Kier alpha value is -6.00. The Morgan fingerprint density at radius 3 is 2.11 bits per heavy atom. The second-order valence-corrected chi connectivity index (χ2v) is 12.0. The highest BCUT2D eigenvalue weighted by molar-refractivity contribution is 8.00. The Balaban J connectivity index is 1.11. The van der Waals surface area contributed by atoms with Crippen LogP contribution in [0.1, 0.15) is 54.9 Å². The fourth-order valence-corrected chi connectivity index (χ4v) is 5.88. The van der Waals surface area contributed by atoms with Crippen molar-refractivity contribution in [2.75, 3.05) is 10.6 Å². The maximum absolute atomic E-state index is 13.3. The predicted octanol–water partition coefficient (Wildman–Crippen LogP) is 6.58. The van der Waals surface area contributed by atoms with Crippen LogP contribution in [0.5, 0.6) is 0 Å². The van der Waals surface area contributed by atoms with E-state index in [9.17, 15) is 24.0 Å². The first-order chi connectivity index (χ1) is 22.8. The molecular weight excluding hydrogens is 614 g/mol. The van der Waals surface area contributed by atoms with E-state index in [4.69, 9.17) is 4.42 Å². The fourth-order valence-electron chi connectivity index (χ4n) is 5.01. The molecule has 0 saturated heterocycles. The van der Waals surface area contributed by atoms with Gasteiger partial charge in [0.2, 0.25) is 5.91 Å². The molecule has 0 saturated carbocycles. The summed E-state index contributed by atoms with van der Waals surface area (Å²) in [6.07, 6.45) is 2.90. The molecule has 4 aromatic carbocycles. The minimum Gasteiger partial charge on any atom is -0.465 e. The Morgan fingerprint density at radius 1 is 0.723 bits per heavy atom. The molecule has 0 aliphatic heterocycles. The lowest BCUT2D eigenvalue weighted by Crippen LogP contribution is -2.30. The summed E-state index contributed by atoms with van der Waals surface area (Å²) in [5.41, 5.74) is 2.22. The molecule has 9 nitrogen and oxygen atoms in total. The lowest BCUT2D eigenvalue weighted by molar-refractivity contribution is -0.115. The number of carbonyl (C=O) groups excluding carboxylic acids is 5. The topological polar surface area (TPSA) is 135 Å². The first-order valence-electron chi connectivity index (χ1n) is 14.6. The van der Waals surface area contributed by atoms with E-state index in [1.54, 1.807) is 116 Å². The van der Waals surface area contributed by atoms with Gasteiger partial charge in [0, 0.05) is 38.9 Å². The second kappa shape index (κ2) is 13.6. The van der Waals surface area contributed by atoms with E-state index in [1.807, 2.05) is 0 Å². The van der Waals surface area contributed by atoms with Crippen molar-refractivity contribution in [1.82, 2.24) is 5.32 Å². The van der Waals surface area contributed by atoms with Crippen molar-refractivity contribution < 1.29 is 28.4 Å². The largest absolute Gasteiger partial charge is 0.465 e. The van der Waals surface area contributed by atoms with Crippen LogP contribution in [0.2, 0.25) is 0 Å². The molecule has 10 heteroatoms. The summed E-state index contributed by atoms with van der Waals surface area (Å²) in [6, 6.07) is 30.2. The van der Waals surface area contributed by atoms with E-state index in [-0.39, 0.29) is 40.0 Å². The maximum atomic E-state index is 13.3. The molecule has 6 rings (SSSR count). The molecule has 1 aliphatic carbocycles. The zero-order valence-corrected chi connectivity index (χ0v) is 25.8. The summed E-state index contributed by atoms with van der Waals surface area (Å²) in [4.78, 5) is 66.3. The molecule has 1 aromatic heterocycles. The lowest BCUT2D eigenvalue weighted by Gasteiger charge is -2.21. The van der Waals surface area contributed by atoms with Crippen molar-refractivity contribution in [2.24, 2.45) is 0 Å². The number of hydrogen-bond donors (Lipinski definition) is 3. The predicted molar refractivity (Wildman–Crippen MR) is 179 cm³/mol. The summed E-state index contributed by atoms with van der Waals surface area (Å²) in [5, 5.41) is 7.69. The van der Waals surface area contributed by atoms with Crippen LogP contribution in [0.4, 0.5) is 11.4 Å². The third kappa shape index (κ3) is 6.82. The summed E-state index contributed by atoms with van der Waals surface area (Å²) in [7, 11) is 0. The maximum Gasteiger partial charge on any atom is 0.272 e. The van der Waals surface area contributed by atoms with Crippen LogP contribution in [-0.4, -0.2) is 34.5 Å². The van der Waals surface area contributed by atoms with E-state index in [0.717, 1.165) is 4.90 Å². The molecule has 47 heavy (non-hydrogen) atoms. The number of nitrogens with one attached hydrogen (secondary N) is 3. The van der Waals surface area contributed by atoms with Gasteiger partial charge in [-0.05, 0) is 61.5 Å². The van der Waals surface area contributed by atoms with Gasteiger partial charge in [-0.1, -0.05) is 54.6 Å². The molecule has 3 N–H and O–H groups in total. The van der Waals surface area contributed by atoms with Crippen molar-refractivity contribution in [3.8, 4) is 0 Å². The first-order valence-corrected chi connectivity index (χ1v) is 15.5. The van der Waals surface area contributed by atoms with E-state index < -0.39 is 17.1 Å². The summed E-state index contributed by atoms with van der Waals surface area (Å²) < 4.78 is 5.34. The van der Waals surface area contributed by atoms with E-state index in [0.29, 0.717) is 28.1 Å². The van der Waals surface area contributed by atoms with Gasteiger partial charge in [-0.25, -0.2) is 0 Å². The van der Waals surface area contributed by atoms with Crippen LogP contribution in [0.25, 0.3) is 6.08 Å². The Labute approximate surface area is 274 Å². The number of furan rings is 1. The molecule has 1 unspecified atom stereocenters. The first kappa shape index (κ1) is 31.0. The number of rotatable bonds is 9. The van der Waals surface area contributed by atoms with Crippen molar-refractivity contribution in [3.63, 3.8) is 0 Å². The highest BCUT2D eigenvalue weighted by Gasteiger charge is 2.32. The van der Waals surface area contributed by atoms with Crippen LogP contribution in [0, 0.1) is 0 Å². The normalized spacial score (nSPS) is 12.8. The van der Waals surface area contributed by atoms with Gasteiger partial charge in [0.25, 0.3) is 11.8 Å². The molecule has 5 aromatic rings. The highest BCUT2D eigenvalue weighted by Crippen LogP contribution is 2.33. The number of thioether (sulfide) groups is 1. The number of carbonyl (C=O) groups is 5. The summed E-state index contributed by atoms with van der Waals surface area (Å²) in [5.74, 6) is -1.54. The molecule has 1 aliphatic rings. The number of hydrogen-bond acceptors (Lipinski definition) is 7. The average molecular weight is 642 g/mol. The van der Waals surface area contributed by atoms with Gasteiger partial charge in [-0.2, -0.15) is 0 Å². The van der Waals surface area contributed by atoms with Crippen LogP contribution in [-0.2, 0) is 9.59 Å². The van der Waals surface area contributed by atoms with Gasteiger partial charge in [-0.15, -0.1) is 11.8 Å². The lowest BCUT2D eigenvalue weighted by atomic mass is 9.83. The van der Waals surface area contributed by atoms with Crippen molar-refractivity contribution in [2.45, 2.75) is 17.1 Å². The molecule has 1 heterocycles. The van der Waals surface area contributed by atoms with E-state index in [1.165, 1.54) is 24.1 Å². The number of anilines is 2.